The topological polar surface area (TPSA) is 58.2 Å². The van der Waals surface area contributed by atoms with Gasteiger partial charge in [-0.1, -0.05) is 11.6 Å². The monoisotopic (exact) mass is 296 g/mol. The van der Waals surface area contributed by atoms with Crippen molar-refractivity contribution in [2.75, 3.05) is 23.9 Å². The summed E-state index contributed by atoms with van der Waals surface area (Å²) in [4.78, 5) is 12.3. The zero-order valence-electron chi connectivity index (χ0n) is 12.7. The summed E-state index contributed by atoms with van der Waals surface area (Å²) in [7, 11) is -0.820. The Morgan fingerprint density at radius 3 is 2.70 bits per heavy atom. The summed E-state index contributed by atoms with van der Waals surface area (Å²) in [5.74, 6) is 0.522. The Labute approximate surface area is 123 Å². The molecule has 1 aromatic rings. The van der Waals surface area contributed by atoms with Crippen molar-refractivity contribution in [2.24, 2.45) is 0 Å². The average molecular weight is 296 g/mol. The molecule has 0 saturated carbocycles. The van der Waals surface area contributed by atoms with E-state index >= 15 is 0 Å². The molecular weight excluding hydrogens is 272 g/mol. The second kappa shape index (κ2) is 8.04. The zero-order valence-corrected chi connectivity index (χ0v) is 13.5. The fourth-order valence-corrected chi connectivity index (χ4v) is 2.59. The van der Waals surface area contributed by atoms with Crippen LogP contribution in [-0.2, 0) is 10.8 Å². The summed E-state index contributed by atoms with van der Waals surface area (Å²) in [6.07, 6.45) is 2.40. The normalized spacial score (nSPS) is 13.6. The van der Waals surface area contributed by atoms with Crippen LogP contribution in [0.5, 0.6) is 0 Å². The van der Waals surface area contributed by atoms with E-state index in [0.717, 1.165) is 24.2 Å². The van der Waals surface area contributed by atoms with Crippen LogP contribution in [0.4, 0.5) is 5.69 Å². The first-order valence-electron chi connectivity index (χ1n) is 6.89. The van der Waals surface area contributed by atoms with Crippen LogP contribution in [0.25, 0.3) is 0 Å². The van der Waals surface area contributed by atoms with Gasteiger partial charge in [0.15, 0.2) is 0 Å². The molecule has 2 unspecified atom stereocenters. The fraction of sp³-hybridized carbons (Fsp3) is 0.533. The fourth-order valence-electron chi connectivity index (χ4n) is 1.91. The number of hydrogen-bond acceptors (Lipinski definition) is 3. The van der Waals surface area contributed by atoms with Crippen LogP contribution in [0.2, 0.25) is 0 Å². The van der Waals surface area contributed by atoms with E-state index in [-0.39, 0.29) is 11.9 Å². The van der Waals surface area contributed by atoms with Crippen LogP contribution < -0.4 is 10.6 Å². The number of aryl methyl sites for hydroxylation is 1. The Hall–Kier alpha value is -1.36. The summed E-state index contributed by atoms with van der Waals surface area (Å²) in [6.45, 7) is 6.68. The molecule has 20 heavy (non-hydrogen) atoms. The third-order valence-electron chi connectivity index (χ3n) is 3.00. The molecule has 0 aliphatic rings. The average Bonchev–Trinajstić information content (AvgIpc) is 2.38. The van der Waals surface area contributed by atoms with Crippen molar-refractivity contribution in [1.29, 1.82) is 0 Å². The molecule has 5 heteroatoms. The molecule has 112 valence electrons. The lowest BCUT2D eigenvalue weighted by Gasteiger charge is -2.16. The van der Waals surface area contributed by atoms with Gasteiger partial charge in [0.25, 0.3) is 5.91 Å². The Morgan fingerprint density at radius 1 is 1.40 bits per heavy atom. The Morgan fingerprint density at radius 2 is 2.10 bits per heavy atom. The van der Waals surface area contributed by atoms with Crippen LogP contribution in [0, 0.1) is 6.92 Å². The maximum absolute atomic E-state index is 12.3. The molecule has 0 aliphatic heterocycles. The van der Waals surface area contributed by atoms with Gasteiger partial charge >= 0.3 is 0 Å². The number of nitrogens with one attached hydrogen (secondary N) is 2. The highest BCUT2D eigenvalue weighted by atomic mass is 32.2. The molecular formula is C15H24N2O2S. The second-order valence-electron chi connectivity index (χ2n) is 5.02. The van der Waals surface area contributed by atoms with Crippen molar-refractivity contribution in [1.82, 2.24) is 5.32 Å². The molecule has 0 saturated heterocycles. The Kier molecular flexibility index (Phi) is 6.71. The molecule has 1 amide bonds. The number of carbonyl (C=O) groups excluding carboxylic acids is 1. The summed E-state index contributed by atoms with van der Waals surface area (Å²) in [6, 6.07) is 5.82. The molecule has 0 fully saturated rings. The molecule has 4 nitrogen and oxygen atoms in total. The number of anilines is 1. The van der Waals surface area contributed by atoms with Gasteiger partial charge in [0.1, 0.15) is 0 Å². The number of benzene rings is 1. The SMILES string of the molecule is CCNc1ccc(C)cc1C(=O)NC(C)CCS(C)=O. The lowest BCUT2D eigenvalue weighted by Crippen LogP contribution is -2.34. The highest BCUT2D eigenvalue weighted by Gasteiger charge is 2.14. The third-order valence-corrected chi connectivity index (χ3v) is 3.81. The maximum Gasteiger partial charge on any atom is 0.253 e. The highest BCUT2D eigenvalue weighted by molar-refractivity contribution is 7.84. The van der Waals surface area contributed by atoms with Gasteiger partial charge in [-0.3, -0.25) is 9.00 Å². The van der Waals surface area contributed by atoms with Crippen molar-refractivity contribution in [3.8, 4) is 0 Å². The lowest BCUT2D eigenvalue weighted by molar-refractivity contribution is 0.0940. The minimum atomic E-state index is -0.820. The van der Waals surface area contributed by atoms with Gasteiger partial charge in [-0.25, -0.2) is 0 Å². The second-order valence-corrected chi connectivity index (χ2v) is 6.57. The van der Waals surface area contributed by atoms with Crippen molar-refractivity contribution >= 4 is 22.4 Å². The molecule has 0 aromatic heterocycles. The largest absolute Gasteiger partial charge is 0.385 e. The maximum atomic E-state index is 12.3. The predicted octanol–water partition coefficient (Wildman–Crippen LogP) is 2.31. The van der Waals surface area contributed by atoms with E-state index < -0.39 is 10.8 Å². The lowest BCUT2D eigenvalue weighted by atomic mass is 10.1. The first-order valence-corrected chi connectivity index (χ1v) is 8.62. The van der Waals surface area contributed by atoms with E-state index in [2.05, 4.69) is 10.6 Å². The van der Waals surface area contributed by atoms with Gasteiger partial charge in [0.05, 0.1) is 5.56 Å². The minimum Gasteiger partial charge on any atom is -0.385 e. The van der Waals surface area contributed by atoms with E-state index in [1.54, 1.807) is 6.26 Å². The van der Waals surface area contributed by atoms with Crippen LogP contribution >= 0.6 is 0 Å². The van der Waals surface area contributed by atoms with E-state index in [1.165, 1.54) is 0 Å². The first kappa shape index (κ1) is 16.7. The summed E-state index contributed by atoms with van der Waals surface area (Å²) >= 11 is 0. The van der Waals surface area contributed by atoms with Crippen molar-refractivity contribution in [2.45, 2.75) is 33.2 Å². The molecule has 0 aliphatic carbocycles. The van der Waals surface area contributed by atoms with Gasteiger partial charge in [-0.2, -0.15) is 0 Å². The summed E-state index contributed by atoms with van der Waals surface area (Å²) < 4.78 is 11.1. The van der Waals surface area contributed by atoms with Crippen LogP contribution in [-0.4, -0.2) is 34.7 Å². The highest BCUT2D eigenvalue weighted by Crippen LogP contribution is 2.17. The minimum absolute atomic E-state index is 0.0152. The smallest absolute Gasteiger partial charge is 0.253 e. The number of hydrogen-bond donors (Lipinski definition) is 2. The van der Waals surface area contributed by atoms with E-state index in [9.17, 15) is 9.00 Å². The quantitative estimate of drug-likeness (QED) is 0.812. The summed E-state index contributed by atoms with van der Waals surface area (Å²) in [5, 5.41) is 6.16. The van der Waals surface area contributed by atoms with Gasteiger partial charge in [-0.05, 0) is 39.3 Å². The molecule has 2 N–H and O–H groups in total. The predicted molar refractivity (Wildman–Crippen MR) is 85.8 cm³/mol. The van der Waals surface area contributed by atoms with Crippen LogP contribution in [0.3, 0.4) is 0 Å². The van der Waals surface area contributed by atoms with E-state index in [1.807, 2.05) is 39.0 Å². The van der Waals surface area contributed by atoms with Crippen molar-refractivity contribution in [3.63, 3.8) is 0 Å². The molecule has 1 rings (SSSR count). The molecule has 0 heterocycles. The zero-order chi connectivity index (χ0) is 15.1. The molecule has 1 aromatic carbocycles. The summed E-state index contributed by atoms with van der Waals surface area (Å²) in [5.41, 5.74) is 2.57. The van der Waals surface area contributed by atoms with Gasteiger partial charge < -0.3 is 10.6 Å². The van der Waals surface area contributed by atoms with Crippen molar-refractivity contribution in [3.05, 3.63) is 29.3 Å². The van der Waals surface area contributed by atoms with Crippen molar-refractivity contribution < 1.29 is 9.00 Å². The van der Waals surface area contributed by atoms with Gasteiger partial charge in [0, 0.05) is 41.1 Å². The number of rotatable bonds is 7. The molecule has 0 bridgehead atoms. The van der Waals surface area contributed by atoms with Gasteiger partial charge in [-0.15, -0.1) is 0 Å². The van der Waals surface area contributed by atoms with E-state index in [0.29, 0.717) is 11.3 Å². The standard InChI is InChI=1S/C15H24N2O2S/c1-5-16-14-7-6-11(2)10-13(14)15(18)17-12(3)8-9-20(4)19/h6-7,10,12,16H,5,8-9H2,1-4H3,(H,17,18). The molecule has 0 radical (unpaired) electrons. The first-order chi connectivity index (χ1) is 9.43. The number of amides is 1. The Balaban J connectivity index is 2.75. The van der Waals surface area contributed by atoms with Crippen LogP contribution in [0.15, 0.2) is 18.2 Å². The van der Waals surface area contributed by atoms with Gasteiger partial charge in [0.2, 0.25) is 0 Å². The molecule has 0 spiro atoms. The van der Waals surface area contributed by atoms with Crippen LogP contribution in [0.1, 0.15) is 36.2 Å². The number of carbonyl (C=O) groups is 1. The third kappa shape index (κ3) is 5.33. The molecule has 2 atom stereocenters. The Bertz CT molecular complexity index is 489. The van der Waals surface area contributed by atoms with E-state index in [4.69, 9.17) is 0 Å².